The highest BCUT2D eigenvalue weighted by atomic mass is 16.2. The smallest absolute Gasteiger partial charge is 0.238 e. The Morgan fingerprint density at radius 2 is 2.05 bits per heavy atom. The average Bonchev–Trinajstić information content (AvgIpc) is 2.46. The molecule has 1 atom stereocenters. The third-order valence-corrected chi connectivity index (χ3v) is 3.71. The fraction of sp³-hybridized carbons (Fsp3) is 0.533. The van der Waals surface area contributed by atoms with Crippen LogP contribution in [0.4, 0.5) is 0 Å². The summed E-state index contributed by atoms with van der Waals surface area (Å²) in [5.41, 5.74) is 2.48. The van der Waals surface area contributed by atoms with E-state index in [9.17, 15) is 4.79 Å². The van der Waals surface area contributed by atoms with Gasteiger partial charge < -0.3 is 10.6 Å². The van der Waals surface area contributed by atoms with Gasteiger partial charge in [0.25, 0.3) is 0 Å². The minimum absolute atomic E-state index is 0.0522. The van der Waals surface area contributed by atoms with Gasteiger partial charge in [-0.2, -0.15) is 0 Å². The summed E-state index contributed by atoms with van der Waals surface area (Å²) in [7, 11) is 2.00. The molecule has 0 aliphatic carbocycles. The SMILES string of the molecule is CCc1ccc(CNC(=O)C2CNCCN2C)cc1. The molecule has 0 bridgehead atoms. The second-order valence-corrected chi connectivity index (χ2v) is 5.09. The molecule has 4 heteroatoms. The molecule has 1 amide bonds. The molecule has 2 N–H and O–H groups in total. The van der Waals surface area contributed by atoms with Crippen molar-refractivity contribution < 1.29 is 4.79 Å². The van der Waals surface area contributed by atoms with E-state index in [0.29, 0.717) is 6.54 Å². The number of piperazine rings is 1. The quantitative estimate of drug-likeness (QED) is 0.841. The molecule has 2 rings (SSSR count). The molecular weight excluding hydrogens is 238 g/mol. The summed E-state index contributed by atoms with van der Waals surface area (Å²) in [6.07, 6.45) is 1.05. The lowest BCUT2D eigenvalue weighted by atomic mass is 10.1. The van der Waals surface area contributed by atoms with Crippen molar-refractivity contribution in [3.8, 4) is 0 Å². The zero-order valence-electron chi connectivity index (χ0n) is 11.8. The lowest BCUT2D eigenvalue weighted by Crippen LogP contribution is -2.56. The third-order valence-electron chi connectivity index (χ3n) is 3.71. The second kappa shape index (κ2) is 6.68. The summed E-state index contributed by atoms with van der Waals surface area (Å²) in [4.78, 5) is 14.2. The van der Waals surface area contributed by atoms with Crippen LogP contribution in [0.25, 0.3) is 0 Å². The molecule has 1 unspecified atom stereocenters. The topological polar surface area (TPSA) is 44.4 Å². The van der Waals surface area contributed by atoms with E-state index in [1.807, 2.05) is 7.05 Å². The van der Waals surface area contributed by atoms with Gasteiger partial charge in [0.15, 0.2) is 0 Å². The predicted octanol–water partition coefficient (Wildman–Crippen LogP) is 0.769. The number of nitrogens with one attached hydrogen (secondary N) is 2. The van der Waals surface area contributed by atoms with Gasteiger partial charge in [-0.15, -0.1) is 0 Å². The van der Waals surface area contributed by atoms with Gasteiger partial charge in [-0.05, 0) is 24.6 Å². The molecule has 1 aliphatic rings. The zero-order chi connectivity index (χ0) is 13.7. The van der Waals surface area contributed by atoms with Crippen molar-refractivity contribution in [3.63, 3.8) is 0 Å². The lowest BCUT2D eigenvalue weighted by molar-refractivity contribution is -0.126. The number of hydrogen-bond donors (Lipinski definition) is 2. The summed E-state index contributed by atoms with van der Waals surface area (Å²) in [6.45, 7) is 5.36. The van der Waals surface area contributed by atoms with Gasteiger partial charge in [0.2, 0.25) is 5.91 Å². The Morgan fingerprint density at radius 1 is 1.37 bits per heavy atom. The van der Waals surface area contributed by atoms with Crippen molar-refractivity contribution >= 4 is 5.91 Å². The van der Waals surface area contributed by atoms with Crippen molar-refractivity contribution in [1.82, 2.24) is 15.5 Å². The molecule has 0 saturated carbocycles. The molecule has 1 saturated heterocycles. The maximum absolute atomic E-state index is 12.1. The molecule has 4 nitrogen and oxygen atoms in total. The number of likely N-dealkylation sites (N-methyl/N-ethyl adjacent to an activating group) is 1. The summed E-state index contributed by atoms with van der Waals surface area (Å²) in [5.74, 6) is 0.106. The van der Waals surface area contributed by atoms with Crippen LogP contribution in [0.1, 0.15) is 18.1 Å². The fourth-order valence-electron chi connectivity index (χ4n) is 2.30. The zero-order valence-corrected chi connectivity index (χ0v) is 11.8. The Kier molecular flexibility index (Phi) is 4.93. The van der Waals surface area contributed by atoms with Gasteiger partial charge in [-0.3, -0.25) is 9.69 Å². The first-order valence-electron chi connectivity index (χ1n) is 6.97. The molecule has 1 aliphatic heterocycles. The van der Waals surface area contributed by atoms with E-state index in [4.69, 9.17) is 0 Å². The highest BCUT2D eigenvalue weighted by Gasteiger charge is 2.25. The van der Waals surface area contributed by atoms with Crippen molar-refractivity contribution in [3.05, 3.63) is 35.4 Å². The van der Waals surface area contributed by atoms with Gasteiger partial charge in [-0.25, -0.2) is 0 Å². The Balaban J connectivity index is 1.85. The molecule has 1 aromatic carbocycles. The summed E-state index contributed by atoms with van der Waals surface area (Å²) < 4.78 is 0. The largest absolute Gasteiger partial charge is 0.351 e. The Bertz CT molecular complexity index is 416. The van der Waals surface area contributed by atoms with Gasteiger partial charge in [0.05, 0.1) is 0 Å². The van der Waals surface area contributed by atoms with Crippen LogP contribution in [0, 0.1) is 0 Å². The maximum atomic E-state index is 12.1. The Labute approximate surface area is 115 Å². The standard InChI is InChI=1S/C15H23N3O/c1-3-12-4-6-13(7-5-12)10-17-15(19)14-11-16-8-9-18(14)2/h4-7,14,16H,3,8-11H2,1-2H3,(H,17,19). The van der Waals surface area contributed by atoms with E-state index in [0.717, 1.165) is 31.6 Å². The molecule has 0 radical (unpaired) electrons. The lowest BCUT2D eigenvalue weighted by Gasteiger charge is -2.31. The first-order chi connectivity index (χ1) is 9.20. The van der Waals surface area contributed by atoms with Crippen LogP contribution in [-0.4, -0.2) is 43.5 Å². The van der Waals surface area contributed by atoms with Gasteiger partial charge in [0.1, 0.15) is 6.04 Å². The minimum atomic E-state index is -0.0522. The number of carbonyl (C=O) groups is 1. The Morgan fingerprint density at radius 3 is 2.68 bits per heavy atom. The van der Waals surface area contributed by atoms with Gasteiger partial charge in [0, 0.05) is 26.2 Å². The fourth-order valence-corrected chi connectivity index (χ4v) is 2.30. The van der Waals surface area contributed by atoms with Crippen LogP contribution in [0.2, 0.25) is 0 Å². The average molecular weight is 261 g/mol. The predicted molar refractivity (Wildman–Crippen MR) is 77.0 cm³/mol. The molecule has 19 heavy (non-hydrogen) atoms. The van der Waals surface area contributed by atoms with Crippen molar-refractivity contribution in [2.24, 2.45) is 0 Å². The van der Waals surface area contributed by atoms with E-state index in [1.54, 1.807) is 0 Å². The number of hydrogen-bond acceptors (Lipinski definition) is 3. The van der Waals surface area contributed by atoms with Crippen LogP contribution in [-0.2, 0) is 17.8 Å². The molecule has 1 heterocycles. The van der Waals surface area contributed by atoms with Crippen molar-refractivity contribution in [1.29, 1.82) is 0 Å². The highest BCUT2D eigenvalue weighted by molar-refractivity contribution is 5.82. The molecule has 0 spiro atoms. The summed E-state index contributed by atoms with van der Waals surface area (Å²) >= 11 is 0. The van der Waals surface area contributed by atoms with Crippen molar-refractivity contribution in [2.75, 3.05) is 26.7 Å². The van der Waals surface area contributed by atoms with Crippen LogP contribution in [0.15, 0.2) is 24.3 Å². The minimum Gasteiger partial charge on any atom is -0.351 e. The summed E-state index contributed by atoms with van der Waals surface area (Å²) in [5, 5.41) is 6.27. The van der Waals surface area contributed by atoms with E-state index >= 15 is 0 Å². The molecule has 1 fully saturated rings. The number of carbonyl (C=O) groups excluding carboxylic acids is 1. The van der Waals surface area contributed by atoms with Crippen LogP contribution in [0.3, 0.4) is 0 Å². The number of nitrogens with zero attached hydrogens (tertiary/aromatic N) is 1. The molecule has 1 aromatic rings. The van der Waals surface area contributed by atoms with Crippen molar-refractivity contribution in [2.45, 2.75) is 25.9 Å². The first kappa shape index (κ1) is 14.0. The molecule has 0 aromatic heterocycles. The number of amides is 1. The van der Waals surface area contributed by atoms with E-state index in [-0.39, 0.29) is 11.9 Å². The van der Waals surface area contributed by atoms with E-state index in [1.165, 1.54) is 5.56 Å². The van der Waals surface area contributed by atoms with Crippen LogP contribution in [0.5, 0.6) is 0 Å². The number of aryl methyl sites for hydroxylation is 1. The maximum Gasteiger partial charge on any atom is 0.238 e. The van der Waals surface area contributed by atoms with Gasteiger partial charge in [-0.1, -0.05) is 31.2 Å². The number of benzene rings is 1. The first-order valence-corrected chi connectivity index (χ1v) is 6.97. The van der Waals surface area contributed by atoms with Crippen LogP contribution >= 0.6 is 0 Å². The molecular formula is C15H23N3O. The highest BCUT2D eigenvalue weighted by Crippen LogP contribution is 2.05. The monoisotopic (exact) mass is 261 g/mol. The third kappa shape index (κ3) is 3.78. The normalized spacial score (nSPS) is 20.2. The summed E-state index contributed by atoms with van der Waals surface area (Å²) in [6, 6.07) is 8.36. The number of rotatable bonds is 4. The molecule has 104 valence electrons. The van der Waals surface area contributed by atoms with Crippen LogP contribution < -0.4 is 10.6 Å². The van der Waals surface area contributed by atoms with E-state index in [2.05, 4.69) is 46.7 Å². The second-order valence-electron chi connectivity index (χ2n) is 5.09. The Hall–Kier alpha value is -1.39. The van der Waals surface area contributed by atoms with E-state index < -0.39 is 0 Å². The van der Waals surface area contributed by atoms with Gasteiger partial charge >= 0.3 is 0 Å².